The largest absolute Gasteiger partial charge is 0.299 e. The van der Waals surface area contributed by atoms with Crippen LogP contribution in [0.3, 0.4) is 0 Å². The van der Waals surface area contributed by atoms with Crippen molar-refractivity contribution in [1.82, 2.24) is 14.4 Å². The molecular formula is C27H31B2N3. The van der Waals surface area contributed by atoms with Gasteiger partial charge in [0.25, 0.3) is 0 Å². The lowest BCUT2D eigenvalue weighted by molar-refractivity contribution is 0.126. The van der Waals surface area contributed by atoms with Gasteiger partial charge in [-0.15, -0.1) is 0 Å². The Bertz CT molecular complexity index is 1450. The highest BCUT2D eigenvalue weighted by molar-refractivity contribution is 6.53. The van der Waals surface area contributed by atoms with Gasteiger partial charge in [-0.25, -0.2) is 4.98 Å². The fourth-order valence-electron chi connectivity index (χ4n) is 5.73. The molecule has 4 radical (unpaired) electrons. The van der Waals surface area contributed by atoms with Gasteiger partial charge in [-0.1, -0.05) is 73.2 Å². The van der Waals surface area contributed by atoms with E-state index in [0.29, 0.717) is 10.9 Å². The van der Waals surface area contributed by atoms with E-state index >= 15 is 0 Å². The fourth-order valence-corrected chi connectivity index (χ4v) is 5.73. The number of benzene rings is 1. The van der Waals surface area contributed by atoms with E-state index in [1.165, 1.54) is 11.1 Å². The van der Waals surface area contributed by atoms with Crippen LogP contribution in [-0.4, -0.2) is 30.1 Å². The Kier molecular flexibility index (Phi) is 4.03. The van der Waals surface area contributed by atoms with Crippen LogP contribution >= 0.6 is 0 Å². The van der Waals surface area contributed by atoms with Crippen LogP contribution in [0, 0.1) is 5.41 Å². The molecule has 0 spiro atoms. The molecule has 3 nitrogen and oxygen atoms in total. The molecule has 0 aliphatic heterocycles. The van der Waals surface area contributed by atoms with Crippen molar-refractivity contribution in [2.75, 3.05) is 0 Å². The highest BCUT2D eigenvalue weighted by Crippen LogP contribution is 2.62. The number of imidazole rings is 1. The van der Waals surface area contributed by atoms with Crippen molar-refractivity contribution < 1.29 is 0 Å². The highest BCUT2D eigenvalue weighted by Gasteiger charge is 2.58. The predicted molar refractivity (Wildman–Crippen MR) is 137 cm³/mol. The first-order valence-electron chi connectivity index (χ1n) is 11.5. The summed E-state index contributed by atoms with van der Waals surface area (Å²) in [5.41, 5.74) is 8.15. The quantitative estimate of drug-likeness (QED) is 0.393. The van der Waals surface area contributed by atoms with E-state index in [4.69, 9.17) is 25.7 Å². The van der Waals surface area contributed by atoms with Crippen LogP contribution in [0.1, 0.15) is 79.1 Å². The summed E-state index contributed by atoms with van der Waals surface area (Å²) < 4.78 is 2.20. The molecule has 0 saturated heterocycles. The van der Waals surface area contributed by atoms with Crippen molar-refractivity contribution in [2.45, 2.75) is 78.6 Å². The normalized spacial score (nSPS) is 19.2. The summed E-state index contributed by atoms with van der Waals surface area (Å²) in [4.78, 5) is 10.00. The van der Waals surface area contributed by atoms with Crippen molar-refractivity contribution in [3.8, 4) is 0 Å². The van der Waals surface area contributed by atoms with Crippen molar-refractivity contribution in [3.05, 3.63) is 41.2 Å². The number of fused-ring (bicyclic) bond motifs is 7. The fraction of sp³-hybridized carbons (Fsp3) is 0.481. The Labute approximate surface area is 193 Å². The zero-order valence-corrected chi connectivity index (χ0v) is 20.8. The molecule has 160 valence electrons. The van der Waals surface area contributed by atoms with E-state index in [1.807, 2.05) is 0 Å². The van der Waals surface area contributed by atoms with E-state index in [0.717, 1.165) is 33.3 Å². The second-order valence-corrected chi connectivity index (χ2v) is 12.2. The van der Waals surface area contributed by atoms with E-state index in [2.05, 4.69) is 91.1 Å². The van der Waals surface area contributed by atoms with Gasteiger partial charge in [0.2, 0.25) is 0 Å². The maximum absolute atomic E-state index is 6.73. The van der Waals surface area contributed by atoms with E-state index < -0.39 is 0 Å². The lowest BCUT2D eigenvalue weighted by atomic mass is 9.58. The molecule has 3 aromatic heterocycles. The van der Waals surface area contributed by atoms with Crippen molar-refractivity contribution >= 4 is 54.2 Å². The van der Waals surface area contributed by atoms with Gasteiger partial charge in [0.1, 0.15) is 21.3 Å². The van der Waals surface area contributed by atoms with E-state index in [-0.39, 0.29) is 21.7 Å². The lowest BCUT2D eigenvalue weighted by Crippen LogP contribution is -2.44. The third-order valence-electron chi connectivity index (χ3n) is 8.90. The molecule has 0 unspecified atom stereocenters. The van der Waals surface area contributed by atoms with Gasteiger partial charge < -0.3 is 0 Å². The third kappa shape index (κ3) is 2.35. The lowest BCUT2D eigenvalue weighted by Gasteiger charge is -2.44. The molecule has 1 aliphatic rings. The third-order valence-corrected chi connectivity index (χ3v) is 8.90. The van der Waals surface area contributed by atoms with Gasteiger partial charge in [-0.3, -0.25) is 9.38 Å². The highest BCUT2D eigenvalue weighted by atomic mass is 15.0. The van der Waals surface area contributed by atoms with Crippen molar-refractivity contribution in [2.24, 2.45) is 5.41 Å². The van der Waals surface area contributed by atoms with Crippen LogP contribution < -0.4 is 10.9 Å². The van der Waals surface area contributed by atoms with Gasteiger partial charge in [0.15, 0.2) is 0 Å². The maximum Gasteiger partial charge on any atom is 0.147 e. The van der Waals surface area contributed by atoms with Crippen LogP contribution in [0.4, 0.5) is 0 Å². The standard InChI is InChI=1S/C27H31B2N3/c1-24(2,3)16-11-10-14-15(30-16)12-13-32-22-18-17(19(28)20(29)21(22)31-23(14)32)25(4,5)27(8,9)26(18,6)7/h10-13H,1-9H3. The summed E-state index contributed by atoms with van der Waals surface area (Å²) in [6, 6.07) is 6.35. The number of hydrogen-bond donors (Lipinski definition) is 0. The smallest absolute Gasteiger partial charge is 0.147 e. The first-order chi connectivity index (χ1) is 14.6. The molecule has 0 N–H and O–H groups in total. The topological polar surface area (TPSA) is 30.2 Å². The Morgan fingerprint density at radius 1 is 0.812 bits per heavy atom. The summed E-state index contributed by atoms with van der Waals surface area (Å²) in [5.74, 6) is 0. The molecule has 0 amide bonds. The van der Waals surface area contributed by atoms with Crippen molar-refractivity contribution in [1.29, 1.82) is 0 Å². The van der Waals surface area contributed by atoms with Crippen LogP contribution in [-0.2, 0) is 16.2 Å². The van der Waals surface area contributed by atoms with Crippen LogP contribution in [0.2, 0.25) is 0 Å². The second-order valence-electron chi connectivity index (χ2n) is 12.2. The minimum Gasteiger partial charge on any atom is -0.299 e. The van der Waals surface area contributed by atoms with E-state index in [1.54, 1.807) is 0 Å². The number of nitrogens with zero attached hydrogens (tertiary/aromatic N) is 3. The first-order valence-corrected chi connectivity index (χ1v) is 11.5. The van der Waals surface area contributed by atoms with Crippen LogP contribution in [0.25, 0.3) is 27.6 Å². The predicted octanol–water partition coefficient (Wildman–Crippen LogP) is 4.52. The van der Waals surface area contributed by atoms with Crippen molar-refractivity contribution in [3.63, 3.8) is 0 Å². The summed E-state index contributed by atoms with van der Waals surface area (Å²) in [5, 5.41) is 1.03. The van der Waals surface area contributed by atoms with Gasteiger partial charge >= 0.3 is 0 Å². The molecule has 0 bridgehead atoms. The Morgan fingerprint density at radius 3 is 2.06 bits per heavy atom. The average Bonchev–Trinajstić information content (AvgIpc) is 3.12. The molecule has 32 heavy (non-hydrogen) atoms. The number of aromatic nitrogens is 3. The van der Waals surface area contributed by atoms with Crippen LogP contribution in [0.5, 0.6) is 0 Å². The summed E-state index contributed by atoms with van der Waals surface area (Å²) in [6.07, 6.45) is 2.09. The second kappa shape index (κ2) is 5.98. The Hall–Kier alpha value is -2.29. The average molecular weight is 419 g/mol. The molecule has 5 rings (SSSR count). The summed E-state index contributed by atoms with van der Waals surface area (Å²) in [6.45, 7) is 20.5. The van der Waals surface area contributed by atoms with Gasteiger partial charge in [0, 0.05) is 22.7 Å². The minimum absolute atomic E-state index is 0.0126. The molecule has 3 heterocycles. The number of pyridine rings is 2. The van der Waals surface area contributed by atoms with Gasteiger partial charge in [-0.2, -0.15) is 0 Å². The SMILES string of the molecule is [B]c1c2c(c3c(nc4c5ccc(C(C)(C)C)nc5ccn43)c1[B])C(C)(C)C(C)(C)C2(C)C. The first kappa shape index (κ1) is 21.6. The molecule has 0 saturated carbocycles. The molecule has 1 aromatic carbocycles. The van der Waals surface area contributed by atoms with Gasteiger partial charge in [0.05, 0.1) is 16.6 Å². The van der Waals surface area contributed by atoms with E-state index in [9.17, 15) is 0 Å². The molecule has 4 aromatic rings. The molecule has 1 aliphatic carbocycles. The maximum atomic E-state index is 6.73. The zero-order chi connectivity index (χ0) is 23.6. The number of hydrogen-bond acceptors (Lipinski definition) is 2. The molecule has 0 atom stereocenters. The van der Waals surface area contributed by atoms with Crippen LogP contribution in [0.15, 0.2) is 24.4 Å². The molecular weight excluding hydrogens is 388 g/mol. The zero-order valence-electron chi connectivity index (χ0n) is 20.8. The number of rotatable bonds is 0. The molecule has 0 fully saturated rings. The Morgan fingerprint density at radius 2 is 1.44 bits per heavy atom. The summed E-state index contributed by atoms with van der Waals surface area (Å²) >= 11 is 0. The Balaban J connectivity index is 1.98. The summed E-state index contributed by atoms with van der Waals surface area (Å²) in [7, 11) is 13.4. The molecule has 5 heteroatoms. The monoisotopic (exact) mass is 419 g/mol. The minimum atomic E-state index is -0.137. The van der Waals surface area contributed by atoms with Gasteiger partial charge in [-0.05, 0) is 45.6 Å².